The number of hydrogen-bond acceptors (Lipinski definition) is 6. The van der Waals surface area contributed by atoms with Gasteiger partial charge in [-0.25, -0.2) is 4.98 Å². The Balaban J connectivity index is 1.51. The van der Waals surface area contributed by atoms with E-state index in [1.165, 1.54) is 21.9 Å². The average molecular weight is 404 g/mol. The van der Waals surface area contributed by atoms with Gasteiger partial charge in [0.15, 0.2) is 0 Å². The number of nitrogens with one attached hydrogen (secondary N) is 1. The maximum atomic E-state index is 12.6. The van der Waals surface area contributed by atoms with E-state index in [4.69, 9.17) is 11.6 Å². The van der Waals surface area contributed by atoms with Crippen LogP contribution in [0, 0.1) is 12.8 Å². The lowest BCUT2D eigenvalue weighted by Gasteiger charge is -2.31. The number of aryl methyl sites for hydroxylation is 1. The number of benzene rings is 1. The van der Waals surface area contributed by atoms with Crippen LogP contribution < -0.4 is 15.8 Å². The number of fused-ring (bicyclic) bond motifs is 1. The summed E-state index contributed by atoms with van der Waals surface area (Å²) in [6.45, 7) is 3.16. The van der Waals surface area contributed by atoms with Crippen molar-refractivity contribution in [2.24, 2.45) is 5.92 Å². The third-order valence-electron chi connectivity index (χ3n) is 4.54. The van der Waals surface area contributed by atoms with Crippen molar-refractivity contribution < 1.29 is 4.79 Å². The van der Waals surface area contributed by atoms with E-state index in [2.05, 4.69) is 20.3 Å². The summed E-state index contributed by atoms with van der Waals surface area (Å²) in [6, 6.07) is 8.54. The van der Waals surface area contributed by atoms with Crippen LogP contribution >= 0.6 is 22.9 Å². The maximum Gasteiger partial charge on any atom is 0.275 e. The molecule has 7 nitrogen and oxygen atoms in total. The molecule has 2 aromatic heterocycles. The van der Waals surface area contributed by atoms with Crippen molar-refractivity contribution in [2.45, 2.75) is 19.8 Å². The number of nitrogens with zero attached hydrogens (tertiary/aromatic N) is 4. The summed E-state index contributed by atoms with van der Waals surface area (Å²) in [6.07, 6.45) is 1.70. The van der Waals surface area contributed by atoms with E-state index in [9.17, 15) is 9.59 Å². The van der Waals surface area contributed by atoms with Crippen LogP contribution in [0.5, 0.6) is 0 Å². The van der Waals surface area contributed by atoms with Gasteiger partial charge in [-0.15, -0.1) is 5.10 Å². The van der Waals surface area contributed by atoms with Crippen molar-refractivity contribution in [1.82, 2.24) is 14.6 Å². The highest BCUT2D eigenvalue weighted by molar-refractivity contribution is 7.20. The van der Waals surface area contributed by atoms with Crippen LogP contribution in [0.4, 0.5) is 10.8 Å². The SMILES string of the molecule is Cc1cc(=O)n2nc(N3CCCC(C(=O)Nc4ccc(Cl)cc4)C3)sc2n1. The lowest BCUT2D eigenvalue weighted by atomic mass is 9.97. The number of carbonyl (C=O) groups excluding carboxylic acids is 1. The van der Waals surface area contributed by atoms with Crippen molar-refractivity contribution in [3.63, 3.8) is 0 Å². The van der Waals surface area contributed by atoms with Gasteiger partial charge in [-0.05, 0) is 44.0 Å². The third kappa shape index (κ3) is 3.81. The van der Waals surface area contributed by atoms with E-state index in [-0.39, 0.29) is 17.4 Å². The van der Waals surface area contributed by atoms with Crippen LogP contribution in [0.1, 0.15) is 18.5 Å². The number of piperidine rings is 1. The molecule has 140 valence electrons. The molecule has 1 aliphatic rings. The molecule has 0 spiro atoms. The first-order chi connectivity index (χ1) is 13.0. The Morgan fingerprint density at radius 3 is 2.89 bits per heavy atom. The van der Waals surface area contributed by atoms with E-state index in [0.29, 0.717) is 27.4 Å². The molecule has 1 atom stereocenters. The number of halogens is 1. The number of amides is 1. The van der Waals surface area contributed by atoms with Crippen LogP contribution in [0.2, 0.25) is 5.02 Å². The summed E-state index contributed by atoms with van der Waals surface area (Å²) >= 11 is 7.26. The molecule has 4 rings (SSSR count). The summed E-state index contributed by atoms with van der Waals surface area (Å²) in [7, 11) is 0. The van der Waals surface area contributed by atoms with Crippen molar-refractivity contribution in [3.8, 4) is 0 Å². The normalized spacial score (nSPS) is 17.3. The zero-order valence-electron chi connectivity index (χ0n) is 14.7. The molecular formula is C18H18ClN5O2S. The number of anilines is 2. The smallest absolute Gasteiger partial charge is 0.275 e. The first kappa shape index (κ1) is 17.9. The molecule has 3 heterocycles. The predicted molar refractivity (Wildman–Crippen MR) is 107 cm³/mol. The van der Waals surface area contributed by atoms with Gasteiger partial charge < -0.3 is 10.2 Å². The molecule has 0 aliphatic carbocycles. The predicted octanol–water partition coefficient (Wildman–Crippen LogP) is 2.97. The van der Waals surface area contributed by atoms with Crippen molar-refractivity contribution >= 4 is 44.6 Å². The van der Waals surface area contributed by atoms with Gasteiger partial charge in [0.1, 0.15) is 0 Å². The monoisotopic (exact) mass is 403 g/mol. The molecule has 1 N–H and O–H groups in total. The van der Waals surface area contributed by atoms with E-state index >= 15 is 0 Å². The fourth-order valence-electron chi connectivity index (χ4n) is 3.18. The zero-order valence-corrected chi connectivity index (χ0v) is 16.3. The van der Waals surface area contributed by atoms with Crippen molar-refractivity contribution in [2.75, 3.05) is 23.3 Å². The van der Waals surface area contributed by atoms with Crippen LogP contribution in [0.3, 0.4) is 0 Å². The fraction of sp³-hybridized carbons (Fsp3) is 0.333. The molecule has 1 aromatic carbocycles. The number of aromatic nitrogens is 3. The molecule has 0 radical (unpaired) electrons. The quantitative estimate of drug-likeness (QED) is 0.727. The molecule has 0 bridgehead atoms. The summed E-state index contributed by atoms with van der Waals surface area (Å²) < 4.78 is 1.32. The van der Waals surface area contributed by atoms with Crippen molar-refractivity contribution in [1.29, 1.82) is 0 Å². The fourth-order valence-corrected chi connectivity index (χ4v) is 4.29. The van der Waals surface area contributed by atoms with Gasteiger partial charge >= 0.3 is 0 Å². The van der Waals surface area contributed by atoms with Crippen LogP contribution in [0.25, 0.3) is 4.96 Å². The Labute approximate surface area is 164 Å². The summed E-state index contributed by atoms with van der Waals surface area (Å²) in [4.78, 5) is 31.7. The van der Waals surface area contributed by atoms with E-state index in [1.807, 2.05) is 0 Å². The average Bonchev–Trinajstić information content (AvgIpc) is 3.08. The van der Waals surface area contributed by atoms with Gasteiger partial charge in [0.2, 0.25) is 16.0 Å². The van der Waals surface area contributed by atoms with Crippen molar-refractivity contribution in [3.05, 3.63) is 51.4 Å². The molecule has 1 unspecified atom stereocenters. The molecule has 1 saturated heterocycles. The van der Waals surface area contributed by atoms with Gasteiger partial charge in [0.25, 0.3) is 5.56 Å². The number of carbonyl (C=O) groups is 1. The zero-order chi connectivity index (χ0) is 19.0. The Kier molecular flexibility index (Phi) is 4.84. The Hall–Kier alpha value is -2.45. The Morgan fingerprint density at radius 1 is 1.33 bits per heavy atom. The number of hydrogen-bond donors (Lipinski definition) is 1. The van der Waals surface area contributed by atoms with E-state index in [1.54, 1.807) is 31.2 Å². The first-order valence-electron chi connectivity index (χ1n) is 8.68. The lowest BCUT2D eigenvalue weighted by Crippen LogP contribution is -2.40. The highest BCUT2D eigenvalue weighted by Crippen LogP contribution is 2.27. The largest absolute Gasteiger partial charge is 0.346 e. The minimum atomic E-state index is -0.186. The first-order valence-corrected chi connectivity index (χ1v) is 9.88. The summed E-state index contributed by atoms with van der Waals surface area (Å²) in [5, 5.41) is 8.70. The standard InChI is InChI=1S/C18H18ClN5O2S/c1-11-9-15(25)24-17(20-11)27-18(22-24)23-8-2-3-12(10-23)16(26)21-14-6-4-13(19)5-7-14/h4-7,9,12H,2-3,8,10H2,1H3,(H,21,26). The molecular weight excluding hydrogens is 386 g/mol. The molecule has 9 heteroatoms. The molecule has 1 amide bonds. The van der Waals surface area contributed by atoms with Gasteiger partial charge in [-0.2, -0.15) is 4.52 Å². The topological polar surface area (TPSA) is 79.6 Å². The minimum Gasteiger partial charge on any atom is -0.346 e. The molecule has 0 saturated carbocycles. The maximum absolute atomic E-state index is 12.6. The lowest BCUT2D eigenvalue weighted by molar-refractivity contribution is -0.120. The molecule has 27 heavy (non-hydrogen) atoms. The second-order valence-electron chi connectivity index (χ2n) is 6.60. The van der Waals surface area contributed by atoms with Crippen LogP contribution in [-0.2, 0) is 4.79 Å². The van der Waals surface area contributed by atoms with Gasteiger partial charge in [0.05, 0.1) is 5.92 Å². The summed E-state index contributed by atoms with van der Waals surface area (Å²) in [5.41, 5.74) is 1.22. The second-order valence-corrected chi connectivity index (χ2v) is 7.97. The number of rotatable bonds is 3. The third-order valence-corrected chi connectivity index (χ3v) is 5.76. The van der Waals surface area contributed by atoms with E-state index in [0.717, 1.165) is 25.1 Å². The Bertz CT molecular complexity index is 1050. The minimum absolute atomic E-state index is 0.0192. The van der Waals surface area contributed by atoms with Crippen LogP contribution in [0.15, 0.2) is 35.1 Å². The molecule has 3 aromatic rings. The van der Waals surface area contributed by atoms with Gasteiger partial charge in [-0.3, -0.25) is 9.59 Å². The van der Waals surface area contributed by atoms with Crippen LogP contribution in [-0.4, -0.2) is 33.6 Å². The Morgan fingerprint density at radius 2 is 2.11 bits per heavy atom. The van der Waals surface area contributed by atoms with E-state index < -0.39 is 0 Å². The van der Waals surface area contributed by atoms with Gasteiger partial charge in [0, 0.05) is 35.6 Å². The van der Waals surface area contributed by atoms with Gasteiger partial charge in [-0.1, -0.05) is 22.9 Å². The molecule has 1 aliphatic heterocycles. The summed E-state index contributed by atoms with van der Waals surface area (Å²) in [5.74, 6) is -0.165. The highest BCUT2D eigenvalue weighted by atomic mass is 35.5. The molecule has 1 fully saturated rings. The second kappa shape index (κ2) is 7.28. The highest BCUT2D eigenvalue weighted by Gasteiger charge is 2.28.